The zero-order valence-electron chi connectivity index (χ0n) is 13.7. The second kappa shape index (κ2) is 8.53. The number of anilines is 1. The number of rotatable bonds is 6. The quantitative estimate of drug-likeness (QED) is 0.639. The van der Waals surface area contributed by atoms with E-state index in [1.54, 1.807) is 6.07 Å². The fourth-order valence-corrected chi connectivity index (χ4v) is 3.68. The van der Waals surface area contributed by atoms with Crippen molar-refractivity contribution in [2.45, 2.75) is 26.9 Å². The molecule has 2 rings (SSSR count). The predicted molar refractivity (Wildman–Crippen MR) is 103 cm³/mol. The first-order valence-electron chi connectivity index (χ1n) is 7.51. The van der Waals surface area contributed by atoms with E-state index in [2.05, 4.69) is 37.2 Å². The van der Waals surface area contributed by atoms with E-state index in [1.165, 1.54) is 0 Å². The number of nitrogens with one attached hydrogen (secondary N) is 1. The van der Waals surface area contributed by atoms with Crippen molar-refractivity contribution in [3.05, 3.63) is 50.9 Å². The molecule has 0 bridgehead atoms. The maximum atomic E-state index is 12.2. The minimum absolute atomic E-state index is 0.0284. The fourth-order valence-electron chi connectivity index (χ4n) is 2.12. The molecular weight excluding hydrogens is 438 g/mol. The van der Waals surface area contributed by atoms with Gasteiger partial charge >= 0.3 is 0 Å². The van der Waals surface area contributed by atoms with Crippen LogP contribution in [0.4, 0.5) is 5.69 Å². The molecule has 0 saturated heterocycles. The second-order valence-electron chi connectivity index (χ2n) is 5.53. The third kappa shape index (κ3) is 5.24. The van der Waals surface area contributed by atoms with Crippen LogP contribution < -0.4 is 14.8 Å². The van der Waals surface area contributed by atoms with Crippen LogP contribution in [-0.4, -0.2) is 18.6 Å². The molecular formula is C18H19Br2NO3. The molecule has 0 aliphatic carbocycles. The van der Waals surface area contributed by atoms with E-state index in [4.69, 9.17) is 9.47 Å². The molecule has 0 aromatic heterocycles. The Bertz CT molecular complexity index is 709. The van der Waals surface area contributed by atoms with E-state index < -0.39 is 0 Å². The third-order valence-corrected chi connectivity index (χ3v) is 4.11. The summed E-state index contributed by atoms with van der Waals surface area (Å²) in [7, 11) is 0. The van der Waals surface area contributed by atoms with Gasteiger partial charge in [-0.05, 0) is 66.5 Å². The van der Waals surface area contributed by atoms with Crippen LogP contribution in [0.2, 0.25) is 0 Å². The molecule has 128 valence electrons. The Morgan fingerprint density at radius 2 is 1.92 bits per heavy atom. The lowest BCUT2D eigenvalue weighted by Crippen LogP contribution is -2.21. The first-order valence-corrected chi connectivity index (χ1v) is 9.09. The molecule has 0 heterocycles. The molecule has 24 heavy (non-hydrogen) atoms. The van der Waals surface area contributed by atoms with Crippen molar-refractivity contribution in [2.75, 3.05) is 11.9 Å². The molecule has 0 spiro atoms. The standard InChI is InChI=1S/C18H19Br2NO3/c1-11(2)24-16-7-5-4-6-15(16)21-17(22)10-23-18-12(3)8-13(19)9-14(18)20/h4-9,11H,10H2,1-3H3,(H,21,22). The lowest BCUT2D eigenvalue weighted by atomic mass is 10.2. The summed E-state index contributed by atoms with van der Waals surface area (Å²) in [5.41, 5.74) is 1.57. The predicted octanol–water partition coefficient (Wildman–Crippen LogP) is 5.32. The maximum absolute atomic E-state index is 12.2. The number of hydrogen-bond acceptors (Lipinski definition) is 3. The van der Waals surface area contributed by atoms with Gasteiger partial charge in [-0.3, -0.25) is 4.79 Å². The van der Waals surface area contributed by atoms with Gasteiger partial charge in [0.15, 0.2) is 6.61 Å². The maximum Gasteiger partial charge on any atom is 0.262 e. The van der Waals surface area contributed by atoms with Gasteiger partial charge in [-0.25, -0.2) is 0 Å². The molecule has 1 amide bonds. The summed E-state index contributed by atoms with van der Waals surface area (Å²) in [6, 6.07) is 11.2. The van der Waals surface area contributed by atoms with Crippen molar-refractivity contribution in [3.8, 4) is 11.5 Å². The highest BCUT2D eigenvalue weighted by Gasteiger charge is 2.12. The highest BCUT2D eigenvalue weighted by Crippen LogP contribution is 2.32. The largest absolute Gasteiger partial charge is 0.489 e. The van der Waals surface area contributed by atoms with Crippen LogP contribution in [0.1, 0.15) is 19.4 Å². The lowest BCUT2D eigenvalue weighted by molar-refractivity contribution is -0.118. The van der Waals surface area contributed by atoms with Crippen molar-refractivity contribution in [2.24, 2.45) is 0 Å². The average Bonchev–Trinajstić information content (AvgIpc) is 2.47. The van der Waals surface area contributed by atoms with Crippen molar-refractivity contribution >= 4 is 43.5 Å². The van der Waals surface area contributed by atoms with Gasteiger partial charge in [0.05, 0.1) is 16.3 Å². The van der Waals surface area contributed by atoms with Gasteiger partial charge in [-0.2, -0.15) is 0 Å². The van der Waals surface area contributed by atoms with Gasteiger partial charge in [0.2, 0.25) is 0 Å². The molecule has 0 fully saturated rings. The molecule has 0 radical (unpaired) electrons. The van der Waals surface area contributed by atoms with Gasteiger partial charge < -0.3 is 14.8 Å². The van der Waals surface area contributed by atoms with E-state index >= 15 is 0 Å². The van der Waals surface area contributed by atoms with E-state index in [0.717, 1.165) is 14.5 Å². The Morgan fingerprint density at radius 1 is 1.21 bits per heavy atom. The van der Waals surface area contributed by atoms with Crippen LogP contribution in [0.25, 0.3) is 0 Å². The Hall–Kier alpha value is -1.53. The first kappa shape index (κ1) is 18.8. The number of halogens is 2. The zero-order chi connectivity index (χ0) is 17.7. The second-order valence-corrected chi connectivity index (χ2v) is 7.30. The van der Waals surface area contributed by atoms with Gasteiger partial charge in [-0.1, -0.05) is 28.1 Å². The Morgan fingerprint density at radius 3 is 2.58 bits per heavy atom. The summed E-state index contributed by atoms with van der Waals surface area (Å²) in [6.07, 6.45) is 0.0284. The number of hydrogen-bond donors (Lipinski definition) is 1. The van der Waals surface area contributed by atoms with Crippen molar-refractivity contribution in [1.29, 1.82) is 0 Å². The Labute approximate surface area is 158 Å². The van der Waals surface area contributed by atoms with Gasteiger partial charge in [0, 0.05) is 4.47 Å². The molecule has 2 aromatic rings. The van der Waals surface area contributed by atoms with Crippen LogP contribution in [0.5, 0.6) is 11.5 Å². The number of ether oxygens (including phenoxy) is 2. The zero-order valence-corrected chi connectivity index (χ0v) is 16.9. The fraction of sp³-hybridized carbons (Fsp3) is 0.278. The van der Waals surface area contributed by atoms with Crippen LogP contribution in [0.3, 0.4) is 0 Å². The Balaban J connectivity index is 2.02. The molecule has 0 atom stereocenters. The monoisotopic (exact) mass is 455 g/mol. The van der Waals surface area contributed by atoms with E-state index in [9.17, 15) is 4.79 Å². The van der Waals surface area contributed by atoms with Crippen LogP contribution in [0.15, 0.2) is 45.3 Å². The van der Waals surface area contributed by atoms with Crippen molar-refractivity contribution in [3.63, 3.8) is 0 Å². The lowest BCUT2D eigenvalue weighted by Gasteiger charge is -2.15. The van der Waals surface area contributed by atoms with Crippen LogP contribution in [0, 0.1) is 6.92 Å². The summed E-state index contributed by atoms with van der Waals surface area (Å²) in [6.45, 7) is 5.72. The number of carbonyl (C=O) groups excluding carboxylic acids is 1. The van der Waals surface area contributed by atoms with Gasteiger partial charge in [-0.15, -0.1) is 0 Å². The Kier molecular flexibility index (Phi) is 6.69. The summed E-state index contributed by atoms with van der Waals surface area (Å²) in [4.78, 5) is 12.2. The van der Waals surface area contributed by atoms with Crippen LogP contribution in [-0.2, 0) is 4.79 Å². The number of aryl methyl sites for hydroxylation is 1. The molecule has 6 heteroatoms. The number of amides is 1. The minimum atomic E-state index is -0.246. The number of carbonyl (C=O) groups is 1. The molecule has 0 saturated carbocycles. The third-order valence-electron chi connectivity index (χ3n) is 3.07. The number of benzene rings is 2. The highest BCUT2D eigenvalue weighted by molar-refractivity contribution is 9.11. The van der Waals surface area contributed by atoms with Crippen molar-refractivity contribution < 1.29 is 14.3 Å². The first-order chi connectivity index (χ1) is 11.4. The summed E-state index contributed by atoms with van der Waals surface area (Å²) >= 11 is 6.87. The number of para-hydroxylation sites is 2. The van der Waals surface area contributed by atoms with E-state index in [1.807, 2.05) is 51.1 Å². The molecule has 0 unspecified atom stereocenters. The van der Waals surface area contributed by atoms with Gasteiger partial charge in [0.25, 0.3) is 5.91 Å². The molecule has 1 N–H and O–H groups in total. The van der Waals surface area contributed by atoms with Gasteiger partial charge in [0.1, 0.15) is 11.5 Å². The molecule has 4 nitrogen and oxygen atoms in total. The summed E-state index contributed by atoms with van der Waals surface area (Å²) in [5, 5.41) is 2.82. The van der Waals surface area contributed by atoms with Crippen LogP contribution >= 0.6 is 31.9 Å². The van der Waals surface area contributed by atoms with E-state index in [0.29, 0.717) is 17.2 Å². The summed E-state index contributed by atoms with van der Waals surface area (Å²) < 4.78 is 13.1. The summed E-state index contributed by atoms with van der Waals surface area (Å²) in [5.74, 6) is 1.05. The average molecular weight is 457 g/mol. The minimum Gasteiger partial charge on any atom is -0.489 e. The molecule has 2 aromatic carbocycles. The normalized spacial score (nSPS) is 10.6. The van der Waals surface area contributed by atoms with E-state index in [-0.39, 0.29) is 18.6 Å². The topological polar surface area (TPSA) is 47.6 Å². The SMILES string of the molecule is Cc1cc(Br)cc(Br)c1OCC(=O)Nc1ccccc1OC(C)C. The molecule has 0 aliphatic heterocycles. The highest BCUT2D eigenvalue weighted by atomic mass is 79.9. The molecule has 0 aliphatic rings. The smallest absolute Gasteiger partial charge is 0.262 e. The van der Waals surface area contributed by atoms with Crippen molar-refractivity contribution in [1.82, 2.24) is 0 Å².